The first-order chi connectivity index (χ1) is 11.3. The maximum atomic E-state index is 12.2. The van der Waals surface area contributed by atoms with E-state index in [9.17, 15) is 9.59 Å². The molecule has 0 saturated heterocycles. The number of hydrogen-bond acceptors (Lipinski definition) is 3. The molecule has 0 aliphatic heterocycles. The summed E-state index contributed by atoms with van der Waals surface area (Å²) in [6.07, 6.45) is 0. The highest BCUT2D eigenvalue weighted by molar-refractivity contribution is 5.98. The summed E-state index contributed by atoms with van der Waals surface area (Å²) in [6, 6.07) is 14.6. The van der Waals surface area contributed by atoms with Gasteiger partial charge in [0.05, 0.1) is 0 Å². The van der Waals surface area contributed by atoms with E-state index in [0.717, 1.165) is 0 Å². The predicted octanol–water partition coefficient (Wildman–Crippen LogP) is 4.20. The summed E-state index contributed by atoms with van der Waals surface area (Å²) in [5.41, 5.74) is 2.52. The minimum atomic E-state index is -0.142. The molecule has 2 aromatic carbocycles. The highest BCUT2D eigenvalue weighted by Crippen LogP contribution is 2.24. The second kappa shape index (κ2) is 7.30. The molecule has 0 aromatic heterocycles. The van der Waals surface area contributed by atoms with Gasteiger partial charge in [-0.05, 0) is 47.4 Å². The van der Waals surface area contributed by atoms with Crippen molar-refractivity contribution in [1.29, 1.82) is 0 Å². The van der Waals surface area contributed by atoms with Crippen molar-refractivity contribution in [3.05, 3.63) is 59.7 Å². The molecule has 4 nitrogen and oxygen atoms in total. The average Bonchev–Trinajstić information content (AvgIpc) is 2.52. The molecule has 0 spiro atoms. The molecule has 0 aliphatic rings. The summed E-state index contributed by atoms with van der Waals surface area (Å²) in [4.78, 5) is 23.1. The Kier molecular flexibility index (Phi) is 5.39. The SMILES string of the molecule is CC(=O)Nc1ccc(C(=O)COc2ccc(C(C)(C)C)cc2)cc1. The minimum Gasteiger partial charge on any atom is -0.485 e. The van der Waals surface area contributed by atoms with Crippen LogP contribution < -0.4 is 10.1 Å². The van der Waals surface area contributed by atoms with E-state index in [4.69, 9.17) is 4.74 Å². The molecule has 126 valence electrons. The fourth-order valence-electron chi connectivity index (χ4n) is 2.23. The van der Waals surface area contributed by atoms with Gasteiger partial charge in [-0.2, -0.15) is 0 Å². The van der Waals surface area contributed by atoms with Crippen LogP contribution in [0.2, 0.25) is 0 Å². The molecule has 0 heterocycles. The van der Waals surface area contributed by atoms with Gasteiger partial charge in [-0.1, -0.05) is 32.9 Å². The maximum Gasteiger partial charge on any atom is 0.221 e. The molecule has 24 heavy (non-hydrogen) atoms. The van der Waals surface area contributed by atoms with Crippen molar-refractivity contribution in [1.82, 2.24) is 0 Å². The molecule has 0 aliphatic carbocycles. The van der Waals surface area contributed by atoms with Crippen LogP contribution in [-0.2, 0) is 10.2 Å². The molecule has 0 atom stereocenters. The number of nitrogens with one attached hydrogen (secondary N) is 1. The third-order valence-electron chi connectivity index (χ3n) is 3.62. The van der Waals surface area contributed by atoms with Crippen molar-refractivity contribution >= 4 is 17.4 Å². The lowest BCUT2D eigenvalue weighted by Crippen LogP contribution is -2.13. The van der Waals surface area contributed by atoms with E-state index in [1.54, 1.807) is 24.3 Å². The van der Waals surface area contributed by atoms with Gasteiger partial charge in [-0.15, -0.1) is 0 Å². The Balaban J connectivity index is 1.94. The molecule has 0 fully saturated rings. The molecule has 0 unspecified atom stereocenters. The average molecular weight is 325 g/mol. The van der Waals surface area contributed by atoms with Crippen LogP contribution >= 0.6 is 0 Å². The molecule has 1 amide bonds. The van der Waals surface area contributed by atoms with E-state index < -0.39 is 0 Å². The molecule has 0 radical (unpaired) electrons. The first kappa shape index (κ1) is 17.7. The van der Waals surface area contributed by atoms with E-state index >= 15 is 0 Å². The van der Waals surface area contributed by atoms with E-state index in [1.807, 2.05) is 24.3 Å². The highest BCUT2D eigenvalue weighted by Gasteiger charge is 2.13. The lowest BCUT2D eigenvalue weighted by atomic mass is 9.87. The van der Waals surface area contributed by atoms with E-state index in [1.165, 1.54) is 12.5 Å². The number of rotatable bonds is 5. The van der Waals surface area contributed by atoms with Gasteiger partial charge in [0, 0.05) is 18.2 Å². The van der Waals surface area contributed by atoms with Gasteiger partial charge >= 0.3 is 0 Å². The van der Waals surface area contributed by atoms with Crippen LogP contribution in [0.4, 0.5) is 5.69 Å². The van der Waals surface area contributed by atoms with Crippen LogP contribution in [0.15, 0.2) is 48.5 Å². The van der Waals surface area contributed by atoms with Gasteiger partial charge in [0.2, 0.25) is 5.91 Å². The van der Waals surface area contributed by atoms with E-state index in [-0.39, 0.29) is 23.7 Å². The second-order valence-corrected chi connectivity index (χ2v) is 6.74. The smallest absolute Gasteiger partial charge is 0.221 e. The van der Waals surface area contributed by atoms with Crippen LogP contribution in [0.25, 0.3) is 0 Å². The summed E-state index contributed by atoms with van der Waals surface area (Å²) in [5, 5.41) is 2.66. The number of ether oxygens (including phenoxy) is 1. The summed E-state index contributed by atoms with van der Waals surface area (Å²) in [6.45, 7) is 7.87. The van der Waals surface area contributed by atoms with Gasteiger partial charge in [0.25, 0.3) is 0 Å². The summed E-state index contributed by atoms with van der Waals surface area (Å²) >= 11 is 0. The first-order valence-corrected chi connectivity index (χ1v) is 7.90. The Morgan fingerprint density at radius 1 is 0.958 bits per heavy atom. The van der Waals surface area contributed by atoms with Gasteiger partial charge in [0.15, 0.2) is 12.4 Å². The van der Waals surface area contributed by atoms with Gasteiger partial charge in [-0.25, -0.2) is 0 Å². The molecule has 1 N–H and O–H groups in total. The van der Waals surface area contributed by atoms with Crippen LogP contribution in [0, 0.1) is 0 Å². The third-order valence-corrected chi connectivity index (χ3v) is 3.62. The highest BCUT2D eigenvalue weighted by atomic mass is 16.5. The second-order valence-electron chi connectivity index (χ2n) is 6.74. The van der Waals surface area contributed by atoms with Crippen molar-refractivity contribution in [2.75, 3.05) is 11.9 Å². The molecule has 2 rings (SSSR count). The number of carbonyl (C=O) groups is 2. The maximum absolute atomic E-state index is 12.2. The largest absolute Gasteiger partial charge is 0.485 e. The predicted molar refractivity (Wildman–Crippen MR) is 95.7 cm³/mol. The van der Waals surface area contributed by atoms with E-state index in [2.05, 4.69) is 26.1 Å². The summed E-state index contributed by atoms with van der Waals surface area (Å²) in [5.74, 6) is 0.423. The van der Waals surface area contributed by atoms with Crippen LogP contribution in [0.5, 0.6) is 5.75 Å². The molecular weight excluding hydrogens is 302 g/mol. The van der Waals surface area contributed by atoms with Gasteiger partial charge in [0.1, 0.15) is 5.75 Å². The van der Waals surface area contributed by atoms with Crippen molar-refractivity contribution in [2.24, 2.45) is 0 Å². The zero-order valence-electron chi connectivity index (χ0n) is 14.6. The van der Waals surface area contributed by atoms with Crippen molar-refractivity contribution < 1.29 is 14.3 Å². The number of carbonyl (C=O) groups excluding carboxylic acids is 2. The fraction of sp³-hybridized carbons (Fsp3) is 0.300. The lowest BCUT2D eigenvalue weighted by molar-refractivity contribution is -0.114. The lowest BCUT2D eigenvalue weighted by Gasteiger charge is -2.19. The fourth-order valence-corrected chi connectivity index (χ4v) is 2.23. The number of hydrogen-bond donors (Lipinski definition) is 1. The molecular formula is C20H23NO3. The quantitative estimate of drug-likeness (QED) is 0.838. The number of amides is 1. The van der Waals surface area contributed by atoms with Crippen LogP contribution in [0.3, 0.4) is 0 Å². The minimum absolute atomic E-state index is 0.0195. The Morgan fingerprint density at radius 2 is 1.54 bits per heavy atom. The number of benzene rings is 2. The number of ketones is 1. The van der Waals surface area contributed by atoms with Crippen molar-refractivity contribution in [2.45, 2.75) is 33.1 Å². The summed E-state index contributed by atoms with van der Waals surface area (Å²) in [7, 11) is 0. The molecule has 0 bridgehead atoms. The Hall–Kier alpha value is -2.62. The monoisotopic (exact) mass is 325 g/mol. The Morgan fingerprint density at radius 3 is 2.04 bits per heavy atom. The topological polar surface area (TPSA) is 55.4 Å². The Bertz CT molecular complexity index is 710. The molecule has 2 aromatic rings. The number of Topliss-reactive ketones (excluding diaryl/α,β-unsaturated/α-hetero) is 1. The van der Waals surface area contributed by atoms with Crippen LogP contribution in [0.1, 0.15) is 43.6 Å². The third kappa shape index (κ3) is 4.95. The van der Waals surface area contributed by atoms with Crippen molar-refractivity contribution in [3.8, 4) is 5.75 Å². The van der Waals surface area contributed by atoms with Gasteiger partial charge in [-0.3, -0.25) is 9.59 Å². The zero-order chi connectivity index (χ0) is 17.7. The Labute approximate surface area is 142 Å². The zero-order valence-corrected chi connectivity index (χ0v) is 14.6. The van der Waals surface area contributed by atoms with Crippen molar-refractivity contribution in [3.63, 3.8) is 0 Å². The normalized spacial score (nSPS) is 11.0. The molecule has 4 heteroatoms. The summed E-state index contributed by atoms with van der Waals surface area (Å²) < 4.78 is 5.57. The van der Waals surface area contributed by atoms with E-state index in [0.29, 0.717) is 17.0 Å². The van der Waals surface area contributed by atoms with Gasteiger partial charge < -0.3 is 10.1 Å². The van der Waals surface area contributed by atoms with Crippen LogP contribution in [-0.4, -0.2) is 18.3 Å². The first-order valence-electron chi connectivity index (χ1n) is 7.90. The standard InChI is InChI=1S/C20H23NO3/c1-14(22)21-17-9-5-15(6-10-17)19(23)13-24-18-11-7-16(8-12-18)20(2,3)4/h5-12H,13H2,1-4H3,(H,21,22). The molecule has 0 saturated carbocycles. The number of anilines is 1.